The van der Waals surface area contributed by atoms with Gasteiger partial charge in [-0.1, -0.05) is 20.3 Å². The van der Waals surface area contributed by atoms with E-state index >= 15 is 0 Å². The van der Waals surface area contributed by atoms with E-state index in [1.165, 1.54) is 0 Å². The van der Waals surface area contributed by atoms with Crippen LogP contribution in [0.15, 0.2) is 18.5 Å². The number of anilines is 1. The van der Waals surface area contributed by atoms with E-state index in [1.54, 1.807) is 18.5 Å². The van der Waals surface area contributed by atoms with E-state index in [4.69, 9.17) is 5.84 Å². The molecule has 1 heterocycles. The molecule has 1 aromatic rings. The van der Waals surface area contributed by atoms with Crippen molar-refractivity contribution in [2.24, 2.45) is 11.8 Å². The summed E-state index contributed by atoms with van der Waals surface area (Å²) in [6.07, 6.45) is 4.21. The summed E-state index contributed by atoms with van der Waals surface area (Å²) in [5.41, 5.74) is 3.66. The summed E-state index contributed by atoms with van der Waals surface area (Å²) in [6.45, 7) is 7.68. The van der Waals surface area contributed by atoms with Gasteiger partial charge in [0.2, 0.25) is 0 Å². The van der Waals surface area contributed by atoms with Crippen LogP contribution >= 0.6 is 0 Å². The Kier molecular flexibility index (Phi) is 5.58. The van der Waals surface area contributed by atoms with E-state index in [0.717, 1.165) is 13.0 Å². The Labute approximate surface area is 108 Å². The van der Waals surface area contributed by atoms with Crippen LogP contribution < -0.4 is 11.3 Å². The van der Waals surface area contributed by atoms with E-state index in [0.29, 0.717) is 23.7 Å². The quantitative estimate of drug-likeness (QED) is 0.597. The maximum atomic E-state index is 12.4. The summed E-state index contributed by atoms with van der Waals surface area (Å²) in [5.74, 6) is 5.87. The molecule has 0 aromatic carbocycles. The molecule has 0 aliphatic heterocycles. The third-order valence-corrected chi connectivity index (χ3v) is 3.10. The van der Waals surface area contributed by atoms with Crippen LogP contribution in [-0.2, 0) is 0 Å². The molecular formula is C13H22N4O. The van der Waals surface area contributed by atoms with Gasteiger partial charge in [-0.05, 0) is 18.9 Å². The molecule has 1 atom stereocenters. The zero-order valence-corrected chi connectivity index (χ0v) is 11.3. The second-order valence-electron chi connectivity index (χ2n) is 4.42. The number of pyridine rings is 1. The zero-order chi connectivity index (χ0) is 13.5. The molecular weight excluding hydrogens is 228 g/mol. The molecule has 5 nitrogen and oxygen atoms in total. The van der Waals surface area contributed by atoms with Crippen molar-refractivity contribution in [1.82, 2.24) is 9.88 Å². The van der Waals surface area contributed by atoms with Gasteiger partial charge in [-0.25, -0.2) is 0 Å². The summed E-state index contributed by atoms with van der Waals surface area (Å²) in [5, 5.41) is 0. The first-order chi connectivity index (χ1) is 8.63. The van der Waals surface area contributed by atoms with Crippen molar-refractivity contribution in [2.75, 3.05) is 18.5 Å². The average molecular weight is 250 g/mol. The van der Waals surface area contributed by atoms with Crippen LogP contribution in [0.3, 0.4) is 0 Å². The van der Waals surface area contributed by atoms with Crippen LogP contribution in [0.2, 0.25) is 0 Å². The number of carbonyl (C=O) groups excluding carboxylic acids is 1. The number of rotatable bonds is 6. The number of nitrogens with zero attached hydrogens (tertiary/aromatic N) is 2. The molecule has 0 aliphatic carbocycles. The number of nitrogens with one attached hydrogen (secondary N) is 1. The number of aromatic nitrogens is 1. The standard InChI is InChI=1S/C13H22N4O/c1-4-10(3)9-17(5-2)13(18)11-8-15-7-6-12(11)16-14/h6-8,10H,4-5,9,14H2,1-3H3,(H,15,16). The largest absolute Gasteiger partial charge is 0.339 e. The molecule has 0 saturated heterocycles. The Morgan fingerprint density at radius 3 is 2.83 bits per heavy atom. The van der Waals surface area contributed by atoms with E-state index in [9.17, 15) is 4.79 Å². The van der Waals surface area contributed by atoms with Crippen LogP contribution in [0.5, 0.6) is 0 Å². The Balaban J connectivity index is 2.89. The fourth-order valence-corrected chi connectivity index (χ4v) is 1.72. The van der Waals surface area contributed by atoms with Crippen molar-refractivity contribution >= 4 is 11.6 Å². The maximum absolute atomic E-state index is 12.4. The highest BCUT2D eigenvalue weighted by Gasteiger charge is 2.18. The number of hydrogen-bond acceptors (Lipinski definition) is 4. The molecule has 1 unspecified atom stereocenters. The molecule has 0 aliphatic rings. The van der Waals surface area contributed by atoms with E-state index in [-0.39, 0.29) is 5.91 Å². The van der Waals surface area contributed by atoms with Gasteiger partial charge in [0.05, 0.1) is 11.3 Å². The molecule has 0 spiro atoms. The highest BCUT2D eigenvalue weighted by atomic mass is 16.2. The van der Waals surface area contributed by atoms with Crippen molar-refractivity contribution < 1.29 is 4.79 Å². The van der Waals surface area contributed by atoms with Crippen molar-refractivity contribution in [3.8, 4) is 0 Å². The minimum atomic E-state index is -0.0288. The van der Waals surface area contributed by atoms with Gasteiger partial charge in [0, 0.05) is 25.5 Å². The van der Waals surface area contributed by atoms with E-state index in [1.807, 2.05) is 11.8 Å². The van der Waals surface area contributed by atoms with Gasteiger partial charge in [-0.2, -0.15) is 0 Å². The third-order valence-electron chi connectivity index (χ3n) is 3.10. The predicted molar refractivity (Wildman–Crippen MR) is 73.1 cm³/mol. The molecule has 0 fully saturated rings. The molecule has 18 heavy (non-hydrogen) atoms. The normalized spacial score (nSPS) is 12.0. The third kappa shape index (κ3) is 3.43. The number of nitrogens with two attached hydrogens (primary N) is 1. The number of hydrazine groups is 1. The Bertz CT molecular complexity index is 394. The number of amides is 1. The van der Waals surface area contributed by atoms with E-state index < -0.39 is 0 Å². The molecule has 1 rings (SSSR count). The maximum Gasteiger partial charge on any atom is 0.257 e. The van der Waals surface area contributed by atoms with Gasteiger partial charge >= 0.3 is 0 Å². The van der Waals surface area contributed by atoms with Gasteiger partial charge in [0.25, 0.3) is 5.91 Å². The van der Waals surface area contributed by atoms with Gasteiger partial charge in [0.1, 0.15) is 0 Å². The monoisotopic (exact) mass is 250 g/mol. The average Bonchev–Trinajstić information content (AvgIpc) is 2.43. The molecule has 0 saturated carbocycles. The van der Waals surface area contributed by atoms with Gasteiger partial charge < -0.3 is 10.3 Å². The first-order valence-corrected chi connectivity index (χ1v) is 6.33. The smallest absolute Gasteiger partial charge is 0.257 e. The SMILES string of the molecule is CCC(C)CN(CC)C(=O)c1cnccc1NN. The van der Waals surface area contributed by atoms with E-state index in [2.05, 4.69) is 24.3 Å². The fourth-order valence-electron chi connectivity index (χ4n) is 1.72. The van der Waals surface area contributed by atoms with Crippen molar-refractivity contribution in [3.63, 3.8) is 0 Å². The van der Waals surface area contributed by atoms with Crippen LogP contribution in [0, 0.1) is 5.92 Å². The Hall–Kier alpha value is -1.62. The van der Waals surface area contributed by atoms with Gasteiger partial charge in [0.15, 0.2) is 0 Å². The number of hydrogen-bond donors (Lipinski definition) is 2. The summed E-state index contributed by atoms with van der Waals surface area (Å²) in [6, 6.07) is 1.70. The lowest BCUT2D eigenvalue weighted by atomic mass is 10.1. The summed E-state index contributed by atoms with van der Waals surface area (Å²) < 4.78 is 0. The number of nitrogen functional groups attached to an aromatic ring is 1. The molecule has 0 bridgehead atoms. The van der Waals surface area contributed by atoms with Gasteiger partial charge in [-0.3, -0.25) is 15.6 Å². The van der Waals surface area contributed by atoms with Crippen LogP contribution in [-0.4, -0.2) is 28.9 Å². The van der Waals surface area contributed by atoms with Crippen LogP contribution in [0.1, 0.15) is 37.6 Å². The second-order valence-corrected chi connectivity index (χ2v) is 4.42. The Morgan fingerprint density at radius 2 is 2.28 bits per heavy atom. The molecule has 1 aromatic heterocycles. The topological polar surface area (TPSA) is 71.2 Å². The van der Waals surface area contributed by atoms with Crippen molar-refractivity contribution in [1.29, 1.82) is 0 Å². The molecule has 1 amide bonds. The summed E-state index contributed by atoms with van der Waals surface area (Å²) in [4.78, 5) is 18.2. The van der Waals surface area contributed by atoms with Gasteiger partial charge in [-0.15, -0.1) is 0 Å². The lowest BCUT2D eigenvalue weighted by Gasteiger charge is -2.24. The molecule has 100 valence electrons. The first kappa shape index (κ1) is 14.4. The fraction of sp³-hybridized carbons (Fsp3) is 0.538. The van der Waals surface area contributed by atoms with Crippen LogP contribution in [0.4, 0.5) is 5.69 Å². The van der Waals surface area contributed by atoms with Crippen molar-refractivity contribution in [3.05, 3.63) is 24.0 Å². The minimum Gasteiger partial charge on any atom is -0.339 e. The lowest BCUT2D eigenvalue weighted by molar-refractivity contribution is 0.0741. The molecule has 3 N–H and O–H groups in total. The minimum absolute atomic E-state index is 0.0288. The summed E-state index contributed by atoms with van der Waals surface area (Å²) >= 11 is 0. The molecule has 0 radical (unpaired) electrons. The van der Waals surface area contributed by atoms with Crippen LogP contribution in [0.25, 0.3) is 0 Å². The highest BCUT2D eigenvalue weighted by molar-refractivity contribution is 5.99. The molecule has 5 heteroatoms. The highest BCUT2D eigenvalue weighted by Crippen LogP contribution is 2.16. The first-order valence-electron chi connectivity index (χ1n) is 6.33. The predicted octanol–water partition coefficient (Wildman–Crippen LogP) is 1.88. The lowest BCUT2D eigenvalue weighted by Crippen LogP contribution is -2.35. The van der Waals surface area contributed by atoms with Crippen molar-refractivity contribution in [2.45, 2.75) is 27.2 Å². The second kappa shape index (κ2) is 6.96. The summed E-state index contributed by atoms with van der Waals surface area (Å²) in [7, 11) is 0. The number of carbonyl (C=O) groups is 1. The Morgan fingerprint density at radius 1 is 1.56 bits per heavy atom. The zero-order valence-electron chi connectivity index (χ0n) is 11.3.